The van der Waals surface area contributed by atoms with E-state index >= 15 is 0 Å². The number of hydrogen-bond donors (Lipinski definition) is 1. The number of carbonyl (C=O) groups excluding carboxylic acids is 2. The summed E-state index contributed by atoms with van der Waals surface area (Å²) < 4.78 is 0. The van der Waals surface area contributed by atoms with Gasteiger partial charge in [-0.3, -0.25) is 9.59 Å². The average molecular weight is 373 g/mol. The first-order valence-corrected chi connectivity index (χ1v) is 9.08. The number of carbonyl (C=O) groups is 2. The van der Waals surface area contributed by atoms with E-state index in [1.54, 1.807) is 30.1 Å². The summed E-state index contributed by atoms with van der Waals surface area (Å²) in [4.78, 5) is 31.1. The highest BCUT2D eigenvalue weighted by atomic mass is 16.2. The lowest BCUT2D eigenvalue weighted by molar-refractivity contribution is 0.0779. The Kier molecular flexibility index (Phi) is 5.84. The van der Waals surface area contributed by atoms with Gasteiger partial charge in [-0.25, -0.2) is 4.98 Å². The molecule has 0 spiro atoms. The SMILES string of the molecule is Cc1cc(C)cc(NC(=O)c2cccc(C(=O)N(C)Cc3ccccc3)n2)c1. The van der Waals surface area contributed by atoms with Crippen LogP contribution >= 0.6 is 0 Å². The number of nitrogens with zero attached hydrogens (tertiary/aromatic N) is 2. The van der Waals surface area contributed by atoms with E-state index in [0.29, 0.717) is 12.2 Å². The first-order valence-electron chi connectivity index (χ1n) is 9.08. The van der Waals surface area contributed by atoms with Crippen LogP contribution in [0.4, 0.5) is 5.69 Å². The third-order valence-corrected chi connectivity index (χ3v) is 4.29. The third kappa shape index (κ3) is 4.82. The summed E-state index contributed by atoms with van der Waals surface area (Å²) in [5.74, 6) is -0.574. The molecule has 0 radical (unpaired) electrons. The van der Waals surface area contributed by atoms with E-state index in [1.165, 1.54) is 0 Å². The molecule has 0 fully saturated rings. The minimum absolute atomic E-state index is 0.207. The number of amides is 2. The zero-order chi connectivity index (χ0) is 20.1. The molecule has 5 heteroatoms. The summed E-state index contributed by atoms with van der Waals surface area (Å²) >= 11 is 0. The van der Waals surface area contributed by atoms with Crippen molar-refractivity contribution in [3.05, 3.63) is 94.8 Å². The Morgan fingerprint density at radius 1 is 0.893 bits per heavy atom. The summed E-state index contributed by atoms with van der Waals surface area (Å²) in [6.45, 7) is 4.42. The highest BCUT2D eigenvalue weighted by Crippen LogP contribution is 2.15. The molecule has 28 heavy (non-hydrogen) atoms. The molecule has 142 valence electrons. The zero-order valence-electron chi connectivity index (χ0n) is 16.3. The predicted molar refractivity (Wildman–Crippen MR) is 110 cm³/mol. The molecular weight excluding hydrogens is 350 g/mol. The number of rotatable bonds is 5. The van der Waals surface area contributed by atoms with Crippen LogP contribution in [0.5, 0.6) is 0 Å². The second kappa shape index (κ2) is 8.48. The van der Waals surface area contributed by atoms with E-state index in [2.05, 4.69) is 10.3 Å². The molecule has 0 aliphatic rings. The topological polar surface area (TPSA) is 62.3 Å². The zero-order valence-corrected chi connectivity index (χ0v) is 16.3. The van der Waals surface area contributed by atoms with E-state index in [9.17, 15) is 9.59 Å². The van der Waals surface area contributed by atoms with Crippen molar-refractivity contribution < 1.29 is 9.59 Å². The molecule has 1 N–H and O–H groups in total. The van der Waals surface area contributed by atoms with Crippen molar-refractivity contribution in [3.8, 4) is 0 Å². The number of aryl methyl sites for hydroxylation is 2. The van der Waals surface area contributed by atoms with Gasteiger partial charge in [-0.05, 0) is 54.8 Å². The monoisotopic (exact) mass is 373 g/mol. The molecule has 3 rings (SSSR count). The maximum absolute atomic E-state index is 12.7. The predicted octanol–water partition coefficient (Wildman–Crippen LogP) is 4.22. The van der Waals surface area contributed by atoms with Gasteiger partial charge in [-0.1, -0.05) is 42.5 Å². The van der Waals surface area contributed by atoms with Gasteiger partial charge < -0.3 is 10.2 Å². The largest absolute Gasteiger partial charge is 0.336 e. The lowest BCUT2D eigenvalue weighted by Gasteiger charge is -2.17. The van der Waals surface area contributed by atoms with Crippen LogP contribution < -0.4 is 5.32 Å². The smallest absolute Gasteiger partial charge is 0.274 e. The van der Waals surface area contributed by atoms with E-state index in [0.717, 1.165) is 16.7 Å². The van der Waals surface area contributed by atoms with Crippen molar-refractivity contribution in [2.45, 2.75) is 20.4 Å². The number of nitrogens with one attached hydrogen (secondary N) is 1. The van der Waals surface area contributed by atoms with Crippen LogP contribution in [0.15, 0.2) is 66.7 Å². The molecule has 2 aromatic carbocycles. The van der Waals surface area contributed by atoms with Crippen molar-refractivity contribution in [1.29, 1.82) is 0 Å². The van der Waals surface area contributed by atoms with Gasteiger partial charge in [-0.15, -0.1) is 0 Å². The van der Waals surface area contributed by atoms with Crippen molar-refractivity contribution in [3.63, 3.8) is 0 Å². The first kappa shape index (κ1) is 19.3. The molecule has 0 bridgehead atoms. The number of benzene rings is 2. The highest BCUT2D eigenvalue weighted by Gasteiger charge is 2.16. The fraction of sp³-hybridized carbons (Fsp3) is 0.174. The maximum Gasteiger partial charge on any atom is 0.274 e. The molecule has 5 nitrogen and oxygen atoms in total. The van der Waals surface area contributed by atoms with E-state index in [-0.39, 0.29) is 23.2 Å². The molecule has 1 aromatic heterocycles. The van der Waals surface area contributed by atoms with Gasteiger partial charge in [0, 0.05) is 19.3 Å². The molecule has 1 heterocycles. The van der Waals surface area contributed by atoms with Gasteiger partial charge in [0.1, 0.15) is 11.4 Å². The summed E-state index contributed by atoms with van der Waals surface area (Å²) in [5.41, 5.74) is 4.32. The second-order valence-electron chi connectivity index (χ2n) is 6.89. The van der Waals surface area contributed by atoms with Crippen LogP contribution in [0.1, 0.15) is 37.7 Å². The van der Waals surface area contributed by atoms with Gasteiger partial charge in [0.15, 0.2) is 0 Å². The Hall–Kier alpha value is -3.47. The number of anilines is 1. The Morgan fingerprint density at radius 3 is 2.21 bits per heavy atom. The lowest BCUT2D eigenvalue weighted by atomic mass is 10.1. The molecule has 0 unspecified atom stereocenters. The van der Waals surface area contributed by atoms with Crippen LogP contribution in [-0.4, -0.2) is 28.7 Å². The van der Waals surface area contributed by atoms with Crippen LogP contribution in [0.25, 0.3) is 0 Å². The Labute approximate surface area is 165 Å². The first-order chi connectivity index (χ1) is 13.4. The normalized spacial score (nSPS) is 10.4. The number of hydrogen-bond acceptors (Lipinski definition) is 3. The fourth-order valence-electron chi connectivity index (χ4n) is 3.05. The van der Waals surface area contributed by atoms with Gasteiger partial charge in [0.05, 0.1) is 0 Å². The van der Waals surface area contributed by atoms with E-state index < -0.39 is 0 Å². The summed E-state index contributed by atoms with van der Waals surface area (Å²) in [7, 11) is 1.72. The quantitative estimate of drug-likeness (QED) is 0.728. The highest BCUT2D eigenvalue weighted by molar-refractivity contribution is 6.03. The van der Waals surface area contributed by atoms with Crippen molar-refractivity contribution >= 4 is 17.5 Å². The van der Waals surface area contributed by atoms with Crippen molar-refractivity contribution in [2.24, 2.45) is 0 Å². The molecule has 0 saturated heterocycles. The van der Waals surface area contributed by atoms with Crippen LogP contribution in [0, 0.1) is 13.8 Å². The van der Waals surface area contributed by atoms with Gasteiger partial charge in [-0.2, -0.15) is 0 Å². The van der Waals surface area contributed by atoms with Gasteiger partial charge >= 0.3 is 0 Å². The Morgan fingerprint density at radius 2 is 1.54 bits per heavy atom. The van der Waals surface area contributed by atoms with Crippen LogP contribution in [0.3, 0.4) is 0 Å². The number of aromatic nitrogens is 1. The van der Waals surface area contributed by atoms with Crippen molar-refractivity contribution in [1.82, 2.24) is 9.88 Å². The van der Waals surface area contributed by atoms with Crippen LogP contribution in [-0.2, 0) is 6.54 Å². The Bertz CT molecular complexity index is 979. The minimum atomic E-state index is -0.342. The van der Waals surface area contributed by atoms with Gasteiger partial charge in [0.2, 0.25) is 0 Å². The number of pyridine rings is 1. The third-order valence-electron chi connectivity index (χ3n) is 4.29. The summed E-state index contributed by atoms with van der Waals surface area (Å²) in [6.07, 6.45) is 0. The summed E-state index contributed by atoms with van der Waals surface area (Å²) in [5, 5.41) is 2.85. The van der Waals surface area contributed by atoms with Crippen molar-refractivity contribution in [2.75, 3.05) is 12.4 Å². The maximum atomic E-state index is 12.7. The standard InChI is InChI=1S/C23H23N3O2/c1-16-12-17(2)14-19(13-16)24-22(27)20-10-7-11-21(25-20)23(28)26(3)15-18-8-5-4-6-9-18/h4-14H,15H2,1-3H3,(H,24,27). The molecule has 0 atom stereocenters. The second-order valence-corrected chi connectivity index (χ2v) is 6.89. The average Bonchev–Trinajstić information content (AvgIpc) is 2.67. The molecule has 0 aliphatic carbocycles. The van der Waals surface area contributed by atoms with Gasteiger partial charge in [0.25, 0.3) is 11.8 Å². The Balaban J connectivity index is 1.73. The fourth-order valence-corrected chi connectivity index (χ4v) is 3.05. The molecule has 3 aromatic rings. The van der Waals surface area contributed by atoms with E-state index in [1.807, 2.05) is 62.4 Å². The lowest BCUT2D eigenvalue weighted by Crippen LogP contribution is -2.27. The van der Waals surface area contributed by atoms with E-state index in [4.69, 9.17) is 0 Å². The molecular formula is C23H23N3O2. The van der Waals surface area contributed by atoms with Crippen LogP contribution in [0.2, 0.25) is 0 Å². The molecule has 0 saturated carbocycles. The minimum Gasteiger partial charge on any atom is -0.336 e. The molecule has 0 aliphatic heterocycles. The molecule has 2 amide bonds. The summed E-state index contributed by atoms with van der Waals surface area (Å²) in [6, 6.07) is 20.5.